The number of nitrogens with zero attached hydrogens (tertiary/aromatic N) is 1. The lowest BCUT2D eigenvalue weighted by Crippen LogP contribution is -2.20. The number of carbonyl (C=O) groups is 1. The zero-order valence-electron chi connectivity index (χ0n) is 11.1. The fourth-order valence-electron chi connectivity index (χ4n) is 1.61. The van der Waals surface area contributed by atoms with Crippen molar-refractivity contribution in [2.45, 2.75) is 0 Å². The second-order valence-corrected chi connectivity index (χ2v) is 5.13. The summed E-state index contributed by atoms with van der Waals surface area (Å²) in [5, 5.41) is 13.0. The maximum atomic E-state index is 13.2. The molecule has 8 heteroatoms. The maximum Gasteiger partial charge on any atom is 0.306 e. The third-order valence-electron chi connectivity index (χ3n) is 2.61. The summed E-state index contributed by atoms with van der Waals surface area (Å²) in [5.74, 6) is -0.971. The summed E-state index contributed by atoms with van der Waals surface area (Å²) in [7, 11) is 0. The molecule has 0 aliphatic carbocycles. The molecule has 0 aliphatic rings. The van der Waals surface area contributed by atoms with Crippen LogP contribution in [0.25, 0.3) is 0 Å². The predicted octanol–water partition coefficient (Wildman–Crippen LogP) is 3.51. The number of rotatable bonds is 5. The Bertz CT molecular complexity index is 706. The molecule has 0 aromatic heterocycles. The number of amides is 1. The molecule has 0 bridgehead atoms. The smallest absolute Gasteiger partial charge is 0.306 e. The number of hydrogen-bond donors (Lipinski definition) is 1. The van der Waals surface area contributed by atoms with E-state index < -0.39 is 22.3 Å². The zero-order chi connectivity index (χ0) is 16.1. The summed E-state index contributed by atoms with van der Waals surface area (Å²) in [6, 6.07) is 9.99. The molecule has 2 aromatic rings. The van der Waals surface area contributed by atoms with Gasteiger partial charge in [-0.25, -0.2) is 0 Å². The Kier molecular flexibility index (Phi) is 5.05. The molecule has 2 aromatic carbocycles. The van der Waals surface area contributed by atoms with Crippen molar-refractivity contribution in [1.82, 2.24) is 0 Å². The van der Waals surface area contributed by atoms with Crippen LogP contribution in [0.3, 0.4) is 0 Å². The van der Waals surface area contributed by atoms with E-state index in [0.717, 1.165) is 16.6 Å². The lowest BCUT2D eigenvalue weighted by molar-refractivity contribution is -0.387. The Morgan fingerprint density at radius 3 is 2.59 bits per heavy atom. The van der Waals surface area contributed by atoms with Crippen LogP contribution in [0.4, 0.5) is 15.8 Å². The van der Waals surface area contributed by atoms with E-state index in [1.165, 1.54) is 6.07 Å². The van der Waals surface area contributed by atoms with Crippen molar-refractivity contribution >= 4 is 33.2 Å². The molecule has 0 radical (unpaired) electrons. The van der Waals surface area contributed by atoms with Gasteiger partial charge in [0.1, 0.15) is 5.75 Å². The van der Waals surface area contributed by atoms with Crippen LogP contribution in [0, 0.1) is 15.9 Å². The molecule has 0 atom stereocenters. The van der Waals surface area contributed by atoms with Crippen LogP contribution >= 0.6 is 15.9 Å². The maximum absolute atomic E-state index is 13.2. The molecule has 2 rings (SSSR count). The summed E-state index contributed by atoms with van der Waals surface area (Å²) >= 11 is 3.27. The average Bonchev–Trinajstić information content (AvgIpc) is 2.48. The first-order valence-electron chi connectivity index (χ1n) is 6.08. The van der Waals surface area contributed by atoms with Gasteiger partial charge in [0.2, 0.25) is 5.82 Å². The van der Waals surface area contributed by atoms with Gasteiger partial charge in [-0.05, 0) is 36.4 Å². The summed E-state index contributed by atoms with van der Waals surface area (Å²) < 4.78 is 19.3. The minimum absolute atomic E-state index is 0.123. The van der Waals surface area contributed by atoms with Crippen LogP contribution in [0.15, 0.2) is 46.9 Å². The van der Waals surface area contributed by atoms with Gasteiger partial charge in [-0.2, -0.15) is 4.39 Å². The molecule has 0 spiro atoms. The van der Waals surface area contributed by atoms with Crippen LogP contribution in [0.2, 0.25) is 0 Å². The van der Waals surface area contributed by atoms with Gasteiger partial charge in [-0.1, -0.05) is 15.9 Å². The van der Waals surface area contributed by atoms with E-state index in [1.807, 2.05) is 0 Å². The van der Waals surface area contributed by atoms with Gasteiger partial charge in [-0.15, -0.1) is 0 Å². The standard InChI is InChI=1S/C14H10BrFN2O4/c15-9-1-4-11(5-2-9)22-8-14(19)17-10-3-6-12(16)13(7-10)18(20)21/h1-7H,8H2,(H,17,19). The number of nitro benzene ring substituents is 1. The summed E-state index contributed by atoms with van der Waals surface area (Å²) in [4.78, 5) is 21.5. The Balaban J connectivity index is 1.96. The Morgan fingerprint density at radius 1 is 1.27 bits per heavy atom. The highest BCUT2D eigenvalue weighted by atomic mass is 79.9. The zero-order valence-corrected chi connectivity index (χ0v) is 12.7. The highest BCUT2D eigenvalue weighted by molar-refractivity contribution is 9.10. The van der Waals surface area contributed by atoms with Crippen molar-refractivity contribution in [2.24, 2.45) is 0 Å². The highest BCUT2D eigenvalue weighted by Crippen LogP contribution is 2.21. The molecule has 0 aliphatic heterocycles. The molecule has 0 heterocycles. The second-order valence-electron chi connectivity index (χ2n) is 4.21. The van der Waals surface area contributed by atoms with Gasteiger partial charge in [0.15, 0.2) is 6.61 Å². The van der Waals surface area contributed by atoms with Gasteiger partial charge in [0.25, 0.3) is 5.91 Å². The largest absolute Gasteiger partial charge is 0.484 e. The average molecular weight is 369 g/mol. The fourth-order valence-corrected chi connectivity index (χ4v) is 1.87. The monoisotopic (exact) mass is 368 g/mol. The molecule has 114 valence electrons. The van der Waals surface area contributed by atoms with Gasteiger partial charge in [0.05, 0.1) is 4.92 Å². The third-order valence-corrected chi connectivity index (χ3v) is 3.14. The quantitative estimate of drug-likeness (QED) is 0.646. The van der Waals surface area contributed by atoms with Gasteiger partial charge < -0.3 is 10.1 Å². The van der Waals surface area contributed by atoms with Gasteiger partial charge >= 0.3 is 5.69 Å². The number of ether oxygens (including phenoxy) is 1. The van der Waals surface area contributed by atoms with Crippen molar-refractivity contribution in [1.29, 1.82) is 0 Å². The van der Waals surface area contributed by atoms with Crippen LogP contribution in [-0.4, -0.2) is 17.4 Å². The minimum atomic E-state index is -0.964. The molecule has 0 fully saturated rings. The molecular formula is C14H10BrFN2O4. The lowest BCUT2D eigenvalue weighted by atomic mass is 10.2. The lowest BCUT2D eigenvalue weighted by Gasteiger charge is -2.07. The van der Waals surface area contributed by atoms with Crippen LogP contribution in [-0.2, 0) is 4.79 Å². The van der Waals surface area contributed by atoms with E-state index in [0.29, 0.717) is 5.75 Å². The summed E-state index contributed by atoms with van der Waals surface area (Å²) in [6.07, 6.45) is 0. The third kappa shape index (κ3) is 4.26. The molecule has 1 amide bonds. The Hall–Kier alpha value is -2.48. The van der Waals surface area contributed by atoms with Crippen molar-refractivity contribution < 1.29 is 18.8 Å². The van der Waals surface area contributed by atoms with Crippen LogP contribution < -0.4 is 10.1 Å². The number of hydrogen-bond acceptors (Lipinski definition) is 4. The number of carbonyl (C=O) groups excluding carboxylic acids is 1. The van der Waals surface area contributed by atoms with Crippen molar-refractivity contribution in [3.05, 3.63) is 62.9 Å². The molecule has 22 heavy (non-hydrogen) atoms. The molecule has 0 saturated heterocycles. The Morgan fingerprint density at radius 2 is 1.95 bits per heavy atom. The molecular weight excluding hydrogens is 359 g/mol. The van der Waals surface area contributed by atoms with E-state index in [-0.39, 0.29) is 12.3 Å². The summed E-state index contributed by atoms with van der Waals surface area (Å²) in [6.45, 7) is -0.271. The molecule has 0 unspecified atom stereocenters. The van der Waals surface area contributed by atoms with Crippen LogP contribution in [0.1, 0.15) is 0 Å². The number of nitrogens with one attached hydrogen (secondary N) is 1. The first-order valence-corrected chi connectivity index (χ1v) is 6.87. The molecule has 0 saturated carbocycles. The van der Waals surface area contributed by atoms with E-state index in [1.54, 1.807) is 24.3 Å². The van der Waals surface area contributed by atoms with Gasteiger partial charge in [-0.3, -0.25) is 14.9 Å². The SMILES string of the molecule is O=C(COc1ccc(Br)cc1)Nc1ccc(F)c([N+](=O)[O-])c1. The van der Waals surface area contributed by atoms with E-state index >= 15 is 0 Å². The van der Waals surface area contributed by atoms with Crippen LogP contribution in [0.5, 0.6) is 5.75 Å². The summed E-state index contributed by atoms with van der Waals surface area (Å²) in [5.41, 5.74) is -0.580. The second kappa shape index (κ2) is 6.99. The van der Waals surface area contributed by atoms with E-state index in [9.17, 15) is 19.3 Å². The predicted molar refractivity (Wildman–Crippen MR) is 81.3 cm³/mol. The Labute approximate surface area is 133 Å². The number of anilines is 1. The minimum Gasteiger partial charge on any atom is -0.484 e. The topological polar surface area (TPSA) is 81.5 Å². The first-order chi connectivity index (χ1) is 10.5. The highest BCUT2D eigenvalue weighted by Gasteiger charge is 2.15. The first kappa shape index (κ1) is 15.9. The normalized spacial score (nSPS) is 10.1. The van der Waals surface area contributed by atoms with Crippen molar-refractivity contribution in [2.75, 3.05) is 11.9 Å². The molecule has 6 nitrogen and oxygen atoms in total. The van der Waals surface area contributed by atoms with Crippen molar-refractivity contribution in [3.8, 4) is 5.75 Å². The van der Waals surface area contributed by atoms with E-state index in [2.05, 4.69) is 21.2 Å². The molecule has 1 N–H and O–H groups in total. The van der Waals surface area contributed by atoms with Crippen molar-refractivity contribution in [3.63, 3.8) is 0 Å². The van der Waals surface area contributed by atoms with E-state index in [4.69, 9.17) is 4.74 Å². The number of benzene rings is 2. The fraction of sp³-hybridized carbons (Fsp3) is 0.0714. The van der Waals surface area contributed by atoms with Gasteiger partial charge in [0, 0.05) is 16.2 Å². The number of nitro groups is 1. The number of halogens is 2.